The average Bonchev–Trinajstić information content (AvgIpc) is 3.06. The molecule has 2 aliphatic rings. The molecule has 28 heavy (non-hydrogen) atoms. The average molecular weight is 393 g/mol. The molecule has 1 aromatic rings. The Kier molecular flexibility index (Phi) is 6.72. The number of piperidine rings is 1. The molecule has 1 aromatic heterocycles. The van der Waals surface area contributed by atoms with E-state index in [0.29, 0.717) is 32.5 Å². The number of hydrogen-bond donors (Lipinski definition) is 2. The number of aromatic nitrogens is 1. The molecular weight excluding hydrogens is 360 g/mol. The van der Waals surface area contributed by atoms with Crippen LogP contribution in [0.3, 0.4) is 0 Å². The van der Waals surface area contributed by atoms with Crippen LogP contribution in [0.4, 0.5) is 0 Å². The first-order valence-corrected chi connectivity index (χ1v) is 10.4. The van der Waals surface area contributed by atoms with Crippen molar-refractivity contribution in [1.82, 2.24) is 20.3 Å². The lowest BCUT2D eigenvalue weighted by Gasteiger charge is -2.38. The summed E-state index contributed by atoms with van der Waals surface area (Å²) in [5, 5.41) is 18.0. The van der Waals surface area contributed by atoms with E-state index in [0.717, 1.165) is 44.5 Å². The van der Waals surface area contributed by atoms with Crippen molar-refractivity contribution in [2.45, 2.75) is 64.0 Å². The number of rotatable bonds is 5. The summed E-state index contributed by atoms with van der Waals surface area (Å²) in [7, 11) is 0. The molecule has 0 bridgehead atoms. The highest BCUT2D eigenvalue weighted by molar-refractivity contribution is 5.91. The van der Waals surface area contributed by atoms with Crippen molar-refractivity contribution in [2.75, 3.05) is 32.7 Å². The molecule has 0 aliphatic carbocycles. The van der Waals surface area contributed by atoms with Gasteiger partial charge in [-0.25, -0.2) is 0 Å². The number of nitrogens with one attached hydrogen (secondary N) is 1. The van der Waals surface area contributed by atoms with Crippen molar-refractivity contribution in [3.63, 3.8) is 0 Å². The third-order valence-corrected chi connectivity index (χ3v) is 5.85. The number of hydrogen-bond acceptors (Lipinski definition) is 6. The maximum atomic E-state index is 12.7. The summed E-state index contributed by atoms with van der Waals surface area (Å²) in [6.07, 6.45) is 4.55. The molecule has 156 valence electrons. The maximum Gasteiger partial charge on any atom is 0.292 e. The van der Waals surface area contributed by atoms with Crippen LogP contribution in [0.2, 0.25) is 0 Å². The molecule has 0 saturated carbocycles. The highest BCUT2D eigenvalue weighted by atomic mass is 16.5. The van der Waals surface area contributed by atoms with E-state index in [1.54, 1.807) is 17.9 Å². The van der Waals surface area contributed by atoms with Crippen molar-refractivity contribution in [3.05, 3.63) is 17.5 Å². The molecule has 8 heteroatoms. The summed E-state index contributed by atoms with van der Waals surface area (Å²) < 4.78 is 5.18. The Hall–Kier alpha value is -1.93. The summed E-state index contributed by atoms with van der Waals surface area (Å²) in [4.78, 5) is 27.9. The van der Waals surface area contributed by atoms with Crippen molar-refractivity contribution in [3.8, 4) is 0 Å². The lowest BCUT2D eigenvalue weighted by molar-refractivity contribution is -0.120. The van der Waals surface area contributed by atoms with Gasteiger partial charge in [0.25, 0.3) is 5.91 Å². The Morgan fingerprint density at radius 1 is 1.29 bits per heavy atom. The van der Waals surface area contributed by atoms with Crippen LogP contribution in [-0.4, -0.2) is 76.2 Å². The largest absolute Gasteiger partial charge is 0.388 e. The summed E-state index contributed by atoms with van der Waals surface area (Å²) in [5.74, 6) is 0.151. The minimum absolute atomic E-state index is 0.0171. The zero-order valence-electron chi connectivity index (χ0n) is 16.9. The molecule has 0 unspecified atom stereocenters. The molecule has 2 amide bonds. The van der Waals surface area contributed by atoms with Gasteiger partial charge in [0.1, 0.15) is 0 Å². The number of likely N-dealkylation sites (tertiary alicyclic amines) is 2. The van der Waals surface area contributed by atoms with Crippen LogP contribution in [0, 0.1) is 0 Å². The molecule has 3 rings (SSSR count). The molecule has 0 spiro atoms. The molecule has 2 aliphatic heterocycles. The van der Waals surface area contributed by atoms with Crippen LogP contribution in [0.5, 0.6) is 0 Å². The number of nitrogens with zero attached hydrogens (tertiary/aromatic N) is 3. The fraction of sp³-hybridized carbons (Fsp3) is 0.750. The van der Waals surface area contributed by atoms with Gasteiger partial charge < -0.3 is 24.7 Å². The summed E-state index contributed by atoms with van der Waals surface area (Å²) in [5.41, 5.74) is -0.0105. The van der Waals surface area contributed by atoms with Gasteiger partial charge in [0.2, 0.25) is 11.7 Å². The highest BCUT2D eigenvalue weighted by Gasteiger charge is 2.35. The van der Waals surface area contributed by atoms with E-state index in [-0.39, 0.29) is 23.6 Å². The number of aryl methyl sites for hydroxylation is 1. The van der Waals surface area contributed by atoms with E-state index in [4.69, 9.17) is 4.52 Å². The van der Waals surface area contributed by atoms with Crippen LogP contribution in [0.25, 0.3) is 0 Å². The second kappa shape index (κ2) is 9.05. The van der Waals surface area contributed by atoms with Crippen molar-refractivity contribution in [1.29, 1.82) is 0 Å². The molecule has 2 saturated heterocycles. The van der Waals surface area contributed by atoms with Crippen molar-refractivity contribution < 1.29 is 19.2 Å². The van der Waals surface area contributed by atoms with Crippen LogP contribution in [-0.2, 0) is 11.2 Å². The Morgan fingerprint density at radius 3 is 2.68 bits per heavy atom. The van der Waals surface area contributed by atoms with Gasteiger partial charge in [-0.15, -0.1) is 0 Å². The smallest absolute Gasteiger partial charge is 0.292 e. The van der Waals surface area contributed by atoms with Crippen LogP contribution < -0.4 is 5.32 Å². The number of aliphatic hydroxyl groups is 1. The number of amides is 2. The van der Waals surface area contributed by atoms with Crippen LogP contribution in [0.1, 0.15) is 62.2 Å². The first-order chi connectivity index (χ1) is 13.4. The van der Waals surface area contributed by atoms with Gasteiger partial charge in [-0.1, -0.05) is 12.1 Å². The predicted molar refractivity (Wildman–Crippen MR) is 104 cm³/mol. The van der Waals surface area contributed by atoms with Crippen molar-refractivity contribution >= 4 is 11.8 Å². The second-order valence-corrected chi connectivity index (χ2v) is 8.16. The van der Waals surface area contributed by atoms with Crippen LogP contribution in [0.15, 0.2) is 10.6 Å². The zero-order chi connectivity index (χ0) is 20.1. The first-order valence-electron chi connectivity index (χ1n) is 10.4. The fourth-order valence-corrected chi connectivity index (χ4v) is 4.21. The second-order valence-electron chi connectivity index (χ2n) is 8.16. The van der Waals surface area contributed by atoms with Gasteiger partial charge >= 0.3 is 0 Å². The predicted octanol–water partition coefficient (Wildman–Crippen LogP) is 1.19. The molecule has 0 aromatic carbocycles. The van der Waals surface area contributed by atoms with E-state index >= 15 is 0 Å². The number of carbonyl (C=O) groups excluding carboxylic acids is 2. The third-order valence-electron chi connectivity index (χ3n) is 5.85. The van der Waals surface area contributed by atoms with E-state index in [9.17, 15) is 14.7 Å². The number of β-amino-alcohol motifs (C(OH)–C–C–N with tert-alkyl or cyclic N) is 1. The van der Waals surface area contributed by atoms with Gasteiger partial charge in [0.05, 0.1) is 11.3 Å². The molecule has 8 nitrogen and oxygen atoms in total. The topological polar surface area (TPSA) is 98.9 Å². The van der Waals surface area contributed by atoms with E-state index in [2.05, 4.69) is 15.4 Å². The number of carbonyl (C=O) groups is 2. The quantitative estimate of drug-likeness (QED) is 0.781. The van der Waals surface area contributed by atoms with Gasteiger partial charge in [-0.3, -0.25) is 9.59 Å². The maximum absolute atomic E-state index is 12.7. The summed E-state index contributed by atoms with van der Waals surface area (Å²) in [6.45, 7) is 7.01. The van der Waals surface area contributed by atoms with Gasteiger partial charge in [-0.05, 0) is 38.5 Å². The normalized spacial score (nSPS) is 24.8. The van der Waals surface area contributed by atoms with E-state index < -0.39 is 5.60 Å². The summed E-state index contributed by atoms with van der Waals surface area (Å²) >= 11 is 0. The Morgan fingerprint density at radius 2 is 2.04 bits per heavy atom. The summed E-state index contributed by atoms with van der Waals surface area (Å²) in [6, 6.07) is 1.94. The monoisotopic (exact) mass is 392 g/mol. The molecule has 2 N–H and O–H groups in total. The molecular formula is C20H32N4O4. The Labute approximate surface area is 166 Å². The SMILES string of the molecule is CCc1cc(C(=O)N2CCC[C@](O)(CN3CCC(NC(C)=O)CC3)CC2)on1. The Balaban J connectivity index is 1.51. The fourth-order valence-electron chi connectivity index (χ4n) is 4.21. The Bertz CT molecular complexity index is 684. The molecule has 1 atom stereocenters. The van der Waals surface area contributed by atoms with Gasteiger partial charge in [0, 0.05) is 51.8 Å². The molecule has 2 fully saturated rings. The van der Waals surface area contributed by atoms with Gasteiger partial charge in [0.15, 0.2) is 0 Å². The first kappa shape index (κ1) is 20.8. The minimum Gasteiger partial charge on any atom is -0.388 e. The highest BCUT2D eigenvalue weighted by Crippen LogP contribution is 2.26. The zero-order valence-corrected chi connectivity index (χ0v) is 16.9. The standard InChI is InChI=1S/C20H32N4O4/c1-3-16-13-18(28-22-16)19(26)24-9-4-7-20(27,8-12-24)14-23-10-5-17(6-11-23)21-15(2)25/h13,17,27H,3-12,14H2,1-2H3,(H,21,25)/t20-/m1/s1. The molecule has 0 radical (unpaired) electrons. The van der Waals surface area contributed by atoms with E-state index in [1.807, 2.05) is 6.92 Å². The third kappa shape index (κ3) is 5.32. The minimum atomic E-state index is -0.786. The lowest BCUT2D eigenvalue weighted by Crippen LogP contribution is -2.50. The van der Waals surface area contributed by atoms with Crippen LogP contribution >= 0.6 is 0 Å². The van der Waals surface area contributed by atoms with E-state index in [1.165, 1.54) is 0 Å². The lowest BCUT2D eigenvalue weighted by atomic mass is 9.93. The molecule has 3 heterocycles. The van der Waals surface area contributed by atoms with Crippen molar-refractivity contribution in [2.24, 2.45) is 0 Å². The van der Waals surface area contributed by atoms with Gasteiger partial charge in [-0.2, -0.15) is 0 Å².